The van der Waals surface area contributed by atoms with E-state index in [1.807, 2.05) is 6.92 Å². The van der Waals surface area contributed by atoms with Crippen molar-refractivity contribution in [2.75, 3.05) is 26.3 Å². The van der Waals surface area contributed by atoms with Crippen LogP contribution in [-0.4, -0.2) is 48.0 Å². The van der Waals surface area contributed by atoms with E-state index in [1.165, 1.54) is 6.42 Å². The quantitative estimate of drug-likeness (QED) is 0.753. The van der Waals surface area contributed by atoms with Crippen LogP contribution in [0.2, 0.25) is 0 Å². The lowest BCUT2D eigenvalue weighted by Gasteiger charge is -2.45. The topological polar surface area (TPSA) is 32.7 Å². The molecule has 0 amide bonds. The molecular formula is C14H25NO2. The summed E-state index contributed by atoms with van der Waals surface area (Å²) >= 11 is 0. The van der Waals surface area contributed by atoms with E-state index >= 15 is 0 Å². The Kier molecular flexibility index (Phi) is 2.59. The minimum Gasteiger partial charge on any atom is -0.389 e. The molecule has 1 aliphatic heterocycles. The van der Waals surface area contributed by atoms with Crippen molar-refractivity contribution in [3.63, 3.8) is 0 Å². The van der Waals surface area contributed by atoms with Crippen LogP contribution < -0.4 is 0 Å². The van der Waals surface area contributed by atoms with E-state index in [0.29, 0.717) is 11.5 Å². The number of hydrogen-bond donors (Lipinski definition) is 1. The Morgan fingerprint density at radius 3 is 2.41 bits per heavy atom. The van der Waals surface area contributed by atoms with Crippen molar-refractivity contribution in [3.8, 4) is 0 Å². The zero-order valence-electron chi connectivity index (χ0n) is 11.3. The predicted octanol–water partition coefficient (Wildman–Crippen LogP) is 1.50. The van der Waals surface area contributed by atoms with Gasteiger partial charge in [0.15, 0.2) is 0 Å². The average molecular weight is 239 g/mol. The largest absolute Gasteiger partial charge is 0.389 e. The van der Waals surface area contributed by atoms with Crippen LogP contribution in [0.5, 0.6) is 0 Å². The van der Waals surface area contributed by atoms with Crippen LogP contribution >= 0.6 is 0 Å². The molecule has 17 heavy (non-hydrogen) atoms. The van der Waals surface area contributed by atoms with Gasteiger partial charge < -0.3 is 9.84 Å². The van der Waals surface area contributed by atoms with Gasteiger partial charge in [-0.2, -0.15) is 0 Å². The minimum atomic E-state index is -0.508. The molecule has 1 saturated heterocycles. The Morgan fingerprint density at radius 1 is 1.12 bits per heavy atom. The second kappa shape index (κ2) is 3.69. The molecule has 0 spiro atoms. The van der Waals surface area contributed by atoms with Gasteiger partial charge in [-0.15, -0.1) is 0 Å². The molecule has 3 aliphatic rings. The zero-order chi connectivity index (χ0) is 12.3. The Labute approximate surface area is 104 Å². The molecule has 2 unspecified atom stereocenters. The van der Waals surface area contributed by atoms with Crippen molar-refractivity contribution in [2.24, 2.45) is 17.3 Å². The van der Waals surface area contributed by atoms with E-state index in [4.69, 9.17) is 4.74 Å². The number of aliphatic hydroxyl groups is 1. The molecule has 0 aromatic carbocycles. The molecule has 0 aromatic heterocycles. The highest BCUT2D eigenvalue weighted by atomic mass is 16.5. The van der Waals surface area contributed by atoms with E-state index < -0.39 is 5.60 Å². The highest BCUT2D eigenvalue weighted by molar-refractivity contribution is 5.14. The standard InChI is InChI=1S/C14H25NO2/c1-13(2)10-8-12(14(3,16)9-11(10)13)15-4-6-17-7-5-15/h10-12,16H,4-9H2,1-3H3/t10-,11+,12?,14?/m1/s1. The number of rotatable bonds is 1. The third-order valence-corrected chi connectivity index (χ3v) is 5.60. The molecule has 3 rings (SSSR count). The summed E-state index contributed by atoms with van der Waals surface area (Å²) < 4.78 is 5.41. The average Bonchev–Trinajstić information content (AvgIpc) is 2.78. The van der Waals surface area contributed by atoms with Crippen molar-refractivity contribution >= 4 is 0 Å². The fourth-order valence-corrected chi connectivity index (χ4v) is 4.24. The van der Waals surface area contributed by atoms with Gasteiger partial charge in [-0.1, -0.05) is 13.8 Å². The van der Waals surface area contributed by atoms with Crippen LogP contribution in [0.25, 0.3) is 0 Å². The highest BCUT2D eigenvalue weighted by Gasteiger charge is 2.64. The maximum atomic E-state index is 10.7. The molecule has 2 aliphatic carbocycles. The van der Waals surface area contributed by atoms with Crippen molar-refractivity contribution in [1.29, 1.82) is 0 Å². The van der Waals surface area contributed by atoms with Crippen LogP contribution in [0.4, 0.5) is 0 Å². The Balaban J connectivity index is 1.75. The van der Waals surface area contributed by atoms with Gasteiger partial charge in [-0.25, -0.2) is 0 Å². The van der Waals surface area contributed by atoms with Crippen LogP contribution in [-0.2, 0) is 4.74 Å². The molecule has 3 heteroatoms. The fraction of sp³-hybridized carbons (Fsp3) is 1.00. The normalized spacial score (nSPS) is 49.8. The molecule has 98 valence electrons. The molecule has 3 nitrogen and oxygen atoms in total. The van der Waals surface area contributed by atoms with Crippen molar-refractivity contribution in [1.82, 2.24) is 4.90 Å². The summed E-state index contributed by atoms with van der Waals surface area (Å²) in [7, 11) is 0. The SMILES string of the molecule is CC1(O)C[C@H]2[C@@H](CC1N1CCOCC1)C2(C)C. The summed E-state index contributed by atoms with van der Waals surface area (Å²) in [5.41, 5.74) is -0.0443. The molecule has 0 bridgehead atoms. The lowest BCUT2D eigenvalue weighted by Crippen LogP contribution is -2.56. The number of hydrogen-bond acceptors (Lipinski definition) is 3. The number of morpholine rings is 1. The zero-order valence-corrected chi connectivity index (χ0v) is 11.3. The first-order valence-corrected chi connectivity index (χ1v) is 6.97. The van der Waals surface area contributed by atoms with E-state index in [1.54, 1.807) is 0 Å². The van der Waals surface area contributed by atoms with Gasteiger partial charge in [-0.3, -0.25) is 4.90 Å². The summed E-state index contributed by atoms with van der Waals surface area (Å²) in [6.07, 6.45) is 2.15. The Hall–Kier alpha value is -0.120. The van der Waals surface area contributed by atoms with Crippen LogP contribution in [0.15, 0.2) is 0 Å². The van der Waals surface area contributed by atoms with Gasteiger partial charge in [0.05, 0.1) is 18.8 Å². The molecule has 1 N–H and O–H groups in total. The first-order chi connectivity index (χ1) is 7.93. The van der Waals surface area contributed by atoms with Gasteiger partial charge in [0, 0.05) is 19.1 Å². The van der Waals surface area contributed by atoms with Crippen LogP contribution in [0, 0.1) is 17.3 Å². The van der Waals surface area contributed by atoms with Crippen LogP contribution in [0.3, 0.4) is 0 Å². The van der Waals surface area contributed by atoms with Crippen molar-refractivity contribution < 1.29 is 9.84 Å². The third kappa shape index (κ3) is 1.83. The second-order valence-corrected chi connectivity index (χ2v) is 7.00. The van der Waals surface area contributed by atoms with E-state index in [-0.39, 0.29) is 0 Å². The third-order valence-electron chi connectivity index (χ3n) is 5.60. The molecule has 4 atom stereocenters. The molecular weight excluding hydrogens is 214 g/mol. The van der Waals surface area contributed by atoms with Gasteiger partial charge in [0.25, 0.3) is 0 Å². The summed E-state index contributed by atoms with van der Waals surface area (Å²) in [6, 6.07) is 0.342. The summed E-state index contributed by atoms with van der Waals surface area (Å²) in [4.78, 5) is 2.45. The number of fused-ring (bicyclic) bond motifs is 1. The first-order valence-electron chi connectivity index (χ1n) is 6.97. The fourth-order valence-electron chi connectivity index (χ4n) is 4.24. The minimum absolute atomic E-state index is 0.342. The lowest BCUT2D eigenvalue weighted by molar-refractivity contribution is -0.0890. The molecule has 3 fully saturated rings. The van der Waals surface area contributed by atoms with Crippen molar-refractivity contribution in [2.45, 2.75) is 45.3 Å². The van der Waals surface area contributed by atoms with Gasteiger partial charge in [0.2, 0.25) is 0 Å². The highest BCUT2D eigenvalue weighted by Crippen LogP contribution is 2.66. The molecule has 0 radical (unpaired) electrons. The lowest BCUT2D eigenvalue weighted by atomic mass is 9.80. The van der Waals surface area contributed by atoms with E-state index in [0.717, 1.165) is 44.6 Å². The van der Waals surface area contributed by atoms with Gasteiger partial charge in [-0.05, 0) is 37.0 Å². The summed E-state index contributed by atoms with van der Waals surface area (Å²) in [6.45, 7) is 10.4. The van der Waals surface area contributed by atoms with Crippen molar-refractivity contribution in [3.05, 3.63) is 0 Å². The summed E-state index contributed by atoms with van der Waals surface area (Å²) in [5.74, 6) is 1.57. The smallest absolute Gasteiger partial charge is 0.0777 e. The molecule has 2 saturated carbocycles. The Bertz CT molecular complexity index is 307. The van der Waals surface area contributed by atoms with Crippen LogP contribution in [0.1, 0.15) is 33.6 Å². The number of ether oxygens (including phenoxy) is 1. The maximum absolute atomic E-state index is 10.7. The van der Waals surface area contributed by atoms with Gasteiger partial charge in [0.1, 0.15) is 0 Å². The Morgan fingerprint density at radius 2 is 1.76 bits per heavy atom. The second-order valence-electron chi connectivity index (χ2n) is 7.00. The number of nitrogens with zero attached hydrogens (tertiary/aromatic N) is 1. The predicted molar refractivity (Wildman–Crippen MR) is 66.8 cm³/mol. The molecule has 1 heterocycles. The maximum Gasteiger partial charge on any atom is 0.0777 e. The summed E-state index contributed by atoms with van der Waals surface area (Å²) in [5, 5.41) is 10.7. The first kappa shape index (κ1) is 11.9. The van der Waals surface area contributed by atoms with E-state index in [2.05, 4.69) is 18.7 Å². The van der Waals surface area contributed by atoms with Gasteiger partial charge >= 0.3 is 0 Å². The van der Waals surface area contributed by atoms with E-state index in [9.17, 15) is 5.11 Å². The molecule has 0 aromatic rings. The monoisotopic (exact) mass is 239 g/mol.